The standard InChI is InChI=1S/C18H24N4O2/c1-5-10-19-17(23)16-11-13(4)20-18(22-16)21-14-6-8-15(9-7-14)24-12(2)3/h6-9,11-12H,5,10H2,1-4H3,(H,19,23)(H,20,21,22). The summed E-state index contributed by atoms with van der Waals surface area (Å²) in [7, 11) is 0. The Kier molecular flexibility index (Phi) is 6.12. The molecule has 0 saturated carbocycles. The molecule has 0 aliphatic carbocycles. The van der Waals surface area contributed by atoms with Gasteiger partial charge in [0.25, 0.3) is 5.91 Å². The minimum Gasteiger partial charge on any atom is -0.491 e. The molecule has 1 aromatic carbocycles. The van der Waals surface area contributed by atoms with Gasteiger partial charge in [-0.05, 0) is 57.5 Å². The highest BCUT2D eigenvalue weighted by molar-refractivity contribution is 5.92. The zero-order valence-electron chi connectivity index (χ0n) is 14.6. The molecule has 1 amide bonds. The molecule has 2 aromatic rings. The maximum atomic E-state index is 12.1. The van der Waals surface area contributed by atoms with Crippen molar-refractivity contribution in [3.05, 3.63) is 41.7 Å². The molecule has 128 valence electrons. The first kappa shape index (κ1) is 17.7. The van der Waals surface area contributed by atoms with E-state index in [1.54, 1.807) is 6.07 Å². The van der Waals surface area contributed by atoms with Crippen LogP contribution in [0.2, 0.25) is 0 Å². The summed E-state index contributed by atoms with van der Waals surface area (Å²) in [6.45, 7) is 8.44. The Morgan fingerprint density at radius 2 is 1.92 bits per heavy atom. The first-order chi connectivity index (χ1) is 11.5. The molecule has 6 heteroatoms. The number of aromatic nitrogens is 2. The molecule has 0 aliphatic heterocycles. The topological polar surface area (TPSA) is 76.1 Å². The van der Waals surface area contributed by atoms with E-state index in [1.807, 2.05) is 52.0 Å². The number of rotatable bonds is 7. The maximum absolute atomic E-state index is 12.1. The normalized spacial score (nSPS) is 10.5. The lowest BCUT2D eigenvalue weighted by atomic mass is 10.3. The van der Waals surface area contributed by atoms with Gasteiger partial charge in [0.05, 0.1) is 6.10 Å². The maximum Gasteiger partial charge on any atom is 0.270 e. The summed E-state index contributed by atoms with van der Waals surface area (Å²) < 4.78 is 5.61. The highest BCUT2D eigenvalue weighted by Crippen LogP contribution is 2.19. The number of amides is 1. The fourth-order valence-corrected chi connectivity index (χ4v) is 2.09. The highest BCUT2D eigenvalue weighted by Gasteiger charge is 2.10. The third-order valence-corrected chi connectivity index (χ3v) is 3.10. The average Bonchev–Trinajstić information content (AvgIpc) is 2.53. The van der Waals surface area contributed by atoms with E-state index in [1.165, 1.54) is 0 Å². The van der Waals surface area contributed by atoms with Gasteiger partial charge >= 0.3 is 0 Å². The molecule has 0 fully saturated rings. The fraction of sp³-hybridized carbons (Fsp3) is 0.389. The molecule has 0 bridgehead atoms. The Labute approximate surface area is 142 Å². The minimum atomic E-state index is -0.189. The molecular formula is C18H24N4O2. The lowest BCUT2D eigenvalue weighted by Crippen LogP contribution is -2.25. The molecule has 0 saturated heterocycles. The first-order valence-corrected chi connectivity index (χ1v) is 8.15. The van der Waals surface area contributed by atoms with Gasteiger partial charge in [0.2, 0.25) is 5.95 Å². The lowest BCUT2D eigenvalue weighted by molar-refractivity contribution is 0.0948. The van der Waals surface area contributed by atoms with E-state index in [0.717, 1.165) is 23.6 Å². The van der Waals surface area contributed by atoms with Crippen LogP contribution in [0.5, 0.6) is 5.75 Å². The van der Waals surface area contributed by atoms with E-state index in [9.17, 15) is 4.79 Å². The number of hydrogen-bond donors (Lipinski definition) is 2. The van der Waals surface area contributed by atoms with E-state index in [-0.39, 0.29) is 12.0 Å². The summed E-state index contributed by atoms with van der Waals surface area (Å²) in [4.78, 5) is 20.7. The summed E-state index contributed by atoms with van der Waals surface area (Å²) in [6.07, 6.45) is 1.01. The summed E-state index contributed by atoms with van der Waals surface area (Å²) >= 11 is 0. The predicted molar refractivity (Wildman–Crippen MR) is 94.9 cm³/mol. The number of nitrogens with zero attached hydrogens (tertiary/aromatic N) is 2. The monoisotopic (exact) mass is 328 g/mol. The van der Waals surface area contributed by atoms with E-state index in [2.05, 4.69) is 20.6 Å². The van der Waals surface area contributed by atoms with Crippen LogP contribution in [0.1, 0.15) is 43.4 Å². The Balaban J connectivity index is 2.11. The molecule has 24 heavy (non-hydrogen) atoms. The molecule has 0 unspecified atom stereocenters. The Morgan fingerprint density at radius 3 is 2.54 bits per heavy atom. The van der Waals surface area contributed by atoms with Crippen LogP contribution >= 0.6 is 0 Å². The summed E-state index contributed by atoms with van der Waals surface area (Å²) in [5.41, 5.74) is 1.92. The number of carbonyl (C=O) groups is 1. The van der Waals surface area contributed by atoms with Crippen LogP contribution in [0.4, 0.5) is 11.6 Å². The van der Waals surface area contributed by atoms with Crippen LogP contribution in [0.15, 0.2) is 30.3 Å². The number of ether oxygens (including phenoxy) is 1. The van der Waals surface area contributed by atoms with Crippen molar-refractivity contribution in [2.24, 2.45) is 0 Å². The van der Waals surface area contributed by atoms with E-state index in [4.69, 9.17) is 4.74 Å². The second-order valence-electron chi connectivity index (χ2n) is 5.79. The highest BCUT2D eigenvalue weighted by atomic mass is 16.5. The number of benzene rings is 1. The van der Waals surface area contributed by atoms with Gasteiger partial charge in [0.1, 0.15) is 11.4 Å². The van der Waals surface area contributed by atoms with Gasteiger partial charge in [-0.2, -0.15) is 0 Å². The zero-order chi connectivity index (χ0) is 17.5. The number of aryl methyl sites for hydroxylation is 1. The predicted octanol–water partition coefficient (Wildman–Crippen LogP) is 3.46. The molecule has 6 nitrogen and oxygen atoms in total. The third-order valence-electron chi connectivity index (χ3n) is 3.10. The first-order valence-electron chi connectivity index (χ1n) is 8.15. The Hall–Kier alpha value is -2.63. The van der Waals surface area contributed by atoms with Crippen molar-refractivity contribution in [2.75, 3.05) is 11.9 Å². The van der Waals surface area contributed by atoms with Crippen molar-refractivity contribution < 1.29 is 9.53 Å². The van der Waals surface area contributed by atoms with Gasteiger partial charge in [-0.3, -0.25) is 4.79 Å². The van der Waals surface area contributed by atoms with Crippen molar-refractivity contribution in [1.82, 2.24) is 15.3 Å². The number of carbonyl (C=O) groups excluding carboxylic acids is 1. The second kappa shape index (κ2) is 8.29. The molecule has 0 aliphatic rings. The van der Waals surface area contributed by atoms with Crippen molar-refractivity contribution >= 4 is 17.5 Å². The van der Waals surface area contributed by atoms with Crippen LogP contribution in [-0.4, -0.2) is 28.5 Å². The van der Waals surface area contributed by atoms with Crippen LogP contribution in [-0.2, 0) is 0 Å². The van der Waals surface area contributed by atoms with Crippen LogP contribution in [0.25, 0.3) is 0 Å². The molecule has 0 spiro atoms. The number of anilines is 2. The van der Waals surface area contributed by atoms with Gasteiger partial charge in [-0.1, -0.05) is 6.92 Å². The van der Waals surface area contributed by atoms with Gasteiger partial charge in [0, 0.05) is 17.9 Å². The largest absolute Gasteiger partial charge is 0.491 e. The minimum absolute atomic E-state index is 0.133. The van der Waals surface area contributed by atoms with Crippen LogP contribution < -0.4 is 15.4 Å². The second-order valence-corrected chi connectivity index (χ2v) is 5.79. The van der Waals surface area contributed by atoms with Gasteiger partial charge in [0.15, 0.2) is 0 Å². The van der Waals surface area contributed by atoms with E-state index < -0.39 is 0 Å². The summed E-state index contributed by atoms with van der Waals surface area (Å²) in [5, 5.41) is 5.94. The summed E-state index contributed by atoms with van der Waals surface area (Å²) in [6, 6.07) is 9.22. The number of hydrogen-bond acceptors (Lipinski definition) is 5. The zero-order valence-corrected chi connectivity index (χ0v) is 14.6. The van der Waals surface area contributed by atoms with E-state index >= 15 is 0 Å². The smallest absolute Gasteiger partial charge is 0.270 e. The molecule has 1 heterocycles. The SMILES string of the molecule is CCCNC(=O)c1cc(C)nc(Nc2ccc(OC(C)C)cc2)n1. The molecule has 0 atom stereocenters. The third kappa shape index (κ3) is 5.22. The Bertz CT molecular complexity index is 684. The van der Waals surface area contributed by atoms with E-state index in [0.29, 0.717) is 18.2 Å². The molecule has 1 aromatic heterocycles. The lowest BCUT2D eigenvalue weighted by Gasteiger charge is -2.11. The summed E-state index contributed by atoms with van der Waals surface area (Å²) in [5.74, 6) is 1.01. The molecular weight excluding hydrogens is 304 g/mol. The van der Waals surface area contributed by atoms with Crippen molar-refractivity contribution in [1.29, 1.82) is 0 Å². The van der Waals surface area contributed by atoms with Crippen LogP contribution in [0.3, 0.4) is 0 Å². The van der Waals surface area contributed by atoms with Crippen LogP contribution in [0, 0.1) is 6.92 Å². The van der Waals surface area contributed by atoms with Gasteiger partial charge < -0.3 is 15.4 Å². The molecule has 0 radical (unpaired) electrons. The van der Waals surface area contributed by atoms with Gasteiger partial charge in [-0.25, -0.2) is 9.97 Å². The molecule has 2 rings (SSSR count). The molecule has 2 N–H and O–H groups in total. The van der Waals surface area contributed by atoms with Crippen molar-refractivity contribution in [3.63, 3.8) is 0 Å². The number of nitrogens with one attached hydrogen (secondary N) is 2. The average molecular weight is 328 g/mol. The quantitative estimate of drug-likeness (QED) is 0.814. The van der Waals surface area contributed by atoms with Crippen molar-refractivity contribution in [2.45, 2.75) is 40.2 Å². The Morgan fingerprint density at radius 1 is 1.21 bits per heavy atom. The fourth-order valence-electron chi connectivity index (χ4n) is 2.09. The van der Waals surface area contributed by atoms with Gasteiger partial charge in [-0.15, -0.1) is 0 Å². The van der Waals surface area contributed by atoms with Crippen molar-refractivity contribution in [3.8, 4) is 5.75 Å².